The Labute approximate surface area is 169 Å². The van der Waals surface area contributed by atoms with Gasteiger partial charge in [-0.15, -0.1) is 0 Å². The van der Waals surface area contributed by atoms with E-state index in [2.05, 4.69) is 25.6 Å². The molecule has 1 aromatic rings. The molecule has 1 fully saturated rings. The van der Waals surface area contributed by atoms with Crippen LogP contribution in [-0.2, 0) is 0 Å². The van der Waals surface area contributed by atoms with Crippen LogP contribution < -0.4 is 10.6 Å². The van der Waals surface area contributed by atoms with Crippen LogP contribution in [-0.4, -0.2) is 50.3 Å². The van der Waals surface area contributed by atoms with Gasteiger partial charge in [0.25, 0.3) is 0 Å². The average molecular weight is 439 g/mol. The van der Waals surface area contributed by atoms with Crippen LogP contribution in [0.25, 0.3) is 5.57 Å². The molecule has 1 aromatic heterocycles. The minimum atomic E-state index is -4.57. The van der Waals surface area contributed by atoms with Crippen LogP contribution in [0.3, 0.4) is 0 Å². The first-order valence-corrected chi connectivity index (χ1v) is 9.75. The summed E-state index contributed by atoms with van der Waals surface area (Å²) in [7, 11) is 0. The number of nitrogens with zero attached hydrogens (tertiary/aromatic N) is 3. The van der Waals surface area contributed by atoms with Gasteiger partial charge in [-0.1, -0.05) is 0 Å². The molecule has 12 heteroatoms. The van der Waals surface area contributed by atoms with E-state index in [-0.39, 0.29) is 55.9 Å². The maximum atomic E-state index is 14.4. The second-order valence-electron chi connectivity index (χ2n) is 7.72. The number of aliphatic hydroxyl groups excluding tert-OH is 1. The number of halogens is 6. The van der Waals surface area contributed by atoms with Gasteiger partial charge in [0.05, 0.1) is 0 Å². The van der Waals surface area contributed by atoms with E-state index in [9.17, 15) is 31.4 Å². The number of aromatic nitrogens is 3. The summed E-state index contributed by atoms with van der Waals surface area (Å²) in [5.41, 5.74) is -0.00270. The van der Waals surface area contributed by atoms with Gasteiger partial charge in [-0.3, -0.25) is 0 Å². The molecular formula is C18H23F6N5O. The Balaban J connectivity index is 1.89. The molecule has 2 atom stereocenters. The first-order valence-electron chi connectivity index (χ1n) is 9.75. The molecule has 3 N–H and O–H groups in total. The molecule has 0 amide bonds. The summed E-state index contributed by atoms with van der Waals surface area (Å²) in [4.78, 5) is 11.9. The Morgan fingerprint density at radius 3 is 2.33 bits per heavy atom. The number of anilines is 2. The maximum absolute atomic E-state index is 14.4. The normalized spacial score (nSPS) is 23.9. The maximum Gasteiger partial charge on any atom is 0.408 e. The molecule has 0 aliphatic heterocycles. The smallest absolute Gasteiger partial charge is 0.386 e. The molecule has 1 heterocycles. The van der Waals surface area contributed by atoms with Crippen molar-refractivity contribution in [1.29, 1.82) is 0 Å². The Bertz CT molecular complexity index is 790. The predicted octanol–water partition coefficient (Wildman–Crippen LogP) is 4.45. The summed E-state index contributed by atoms with van der Waals surface area (Å²) in [6.07, 6.45) is -5.41. The summed E-state index contributed by atoms with van der Waals surface area (Å²) in [6, 6.07) is -2.38. The number of rotatable bonds is 5. The van der Waals surface area contributed by atoms with Gasteiger partial charge in [0.15, 0.2) is 5.82 Å². The Hall–Kier alpha value is -2.11. The summed E-state index contributed by atoms with van der Waals surface area (Å²) in [5, 5.41) is 14.7. The Kier molecular flexibility index (Phi) is 6.44. The third-order valence-corrected chi connectivity index (χ3v) is 5.28. The van der Waals surface area contributed by atoms with Crippen molar-refractivity contribution in [3.05, 3.63) is 11.7 Å². The van der Waals surface area contributed by atoms with E-state index < -0.39 is 42.1 Å². The zero-order chi connectivity index (χ0) is 22.1. The van der Waals surface area contributed by atoms with E-state index in [1.54, 1.807) is 0 Å². The van der Waals surface area contributed by atoms with E-state index in [0.29, 0.717) is 6.42 Å². The minimum absolute atomic E-state index is 0.00270. The predicted molar refractivity (Wildman–Crippen MR) is 97.7 cm³/mol. The fraction of sp³-hybridized carbons (Fsp3) is 0.722. The fourth-order valence-electron chi connectivity index (χ4n) is 3.42. The molecule has 1 saturated carbocycles. The van der Waals surface area contributed by atoms with Gasteiger partial charge in [0, 0.05) is 24.5 Å². The summed E-state index contributed by atoms with van der Waals surface area (Å²) in [5.74, 6) is -4.32. The van der Waals surface area contributed by atoms with E-state index in [1.165, 1.54) is 0 Å². The quantitative estimate of drug-likeness (QED) is 0.588. The van der Waals surface area contributed by atoms with Crippen molar-refractivity contribution in [1.82, 2.24) is 15.0 Å². The molecule has 1 unspecified atom stereocenters. The molecular weight excluding hydrogens is 416 g/mol. The molecule has 2 aliphatic rings. The molecule has 3 rings (SSSR count). The third kappa shape index (κ3) is 5.52. The van der Waals surface area contributed by atoms with Crippen LogP contribution in [0.1, 0.15) is 57.7 Å². The second-order valence-corrected chi connectivity index (χ2v) is 7.72. The summed E-state index contributed by atoms with van der Waals surface area (Å²) >= 11 is 0. The lowest BCUT2D eigenvalue weighted by atomic mass is 9.92. The summed E-state index contributed by atoms with van der Waals surface area (Å²) in [6.45, 7) is 0.879. The minimum Gasteiger partial charge on any atom is -0.386 e. The average Bonchev–Trinajstić information content (AvgIpc) is 2.65. The van der Waals surface area contributed by atoms with Gasteiger partial charge in [-0.25, -0.2) is 13.2 Å². The van der Waals surface area contributed by atoms with Gasteiger partial charge >= 0.3 is 6.18 Å². The molecule has 0 radical (unpaired) electrons. The number of alkyl halides is 5. The van der Waals surface area contributed by atoms with Crippen LogP contribution in [0.2, 0.25) is 0 Å². The van der Waals surface area contributed by atoms with Crippen LogP contribution in [0.5, 0.6) is 0 Å². The first-order chi connectivity index (χ1) is 13.9. The number of hydrogen-bond donors (Lipinski definition) is 3. The number of allylic oxidation sites excluding steroid dienone is 1. The van der Waals surface area contributed by atoms with E-state index >= 15 is 0 Å². The van der Waals surface area contributed by atoms with E-state index in [4.69, 9.17) is 0 Å². The summed E-state index contributed by atoms with van der Waals surface area (Å²) < 4.78 is 79.9. The highest BCUT2D eigenvalue weighted by molar-refractivity contribution is 5.65. The molecule has 0 spiro atoms. The molecule has 168 valence electrons. The third-order valence-electron chi connectivity index (χ3n) is 5.28. The molecule has 0 saturated heterocycles. The van der Waals surface area contributed by atoms with Crippen LogP contribution >= 0.6 is 0 Å². The zero-order valence-corrected chi connectivity index (χ0v) is 16.2. The second kappa shape index (κ2) is 8.56. The molecule has 0 aromatic carbocycles. The molecule has 6 nitrogen and oxygen atoms in total. The van der Waals surface area contributed by atoms with Crippen molar-refractivity contribution in [3.8, 4) is 0 Å². The molecule has 30 heavy (non-hydrogen) atoms. The van der Waals surface area contributed by atoms with Gasteiger partial charge in [0.2, 0.25) is 17.8 Å². The lowest BCUT2D eigenvalue weighted by molar-refractivity contribution is -0.138. The van der Waals surface area contributed by atoms with Crippen molar-refractivity contribution < 1.29 is 31.4 Å². The first kappa shape index (κ1) is 22.6. The molecule has 2 aliphatic carbocycles. The molecule has 0 bridgehead atoms. The monoisotopic (exact) mass is 439 g/mol. The largest absolute Gasteiger partial charge is 0.408 e. The van der Waals surface area contributed by atoms with Gasteiger partial charge in [-0.2, -0.15) is 28.1 Å². The van der Waals surface area contributed by atoms with Gasteiger partial charge < -0.3 is 15.7 Å². The fourth-order valence-corrected chi connectivity index (χ4v) is 3.42. The number of nitrogens with one attached hydrogen (secondary N) is 2. The highest BCUT2D eigenvalue weighted by atomic mass is 19.4. The highest BCUT2D eigenvalue weighted by Gasteiger charge is 2.37. The van der Waals surface area contributed by atoms with E-state index in [1.807, 2.05) is 0 Å². The van der Waals surface area contributed by atoms with E-state index in [0.717, 1.165) is 6.92 Å². The number of hydrogen-bond acceptors (Lipinski definition) is 6. The van der Waals surface area contributed by atoms with Crippen LogP contribution in [0.15, 0.2) is 5.83 Å². The highest BCUT2D eigenvalue weighted by Crippen LogP contribution is 2.35. The van der Waals surface area contributed by atoms with Gasteiger partial charge in [0.1, 0.15) is 18.0 Å². The SMILES string of the molecule is C[C@@H](Nc1nc(NC2CCC(F)(F)CC2)nc(C2=C(F)C(O)CCC2)n1)C(F)(F)F. The van der Waals surface area contributed by atoms with Crippen LogP contribution in [0.4, 0.5) is 38.2 Å². The Morgan fingerprint density at radius 1 is 1.07 bits per heavy atom. The van der Waals surface area contributed by atoms with Gasteiger partial charge in [-0.05, 0) is 39.0 Å². The number of aliphatic hydroxyl groups is 1. The van der Waals surface area contributed by atoms with Crippen LogP contribution in [0, 0.1) is 0 Å². The standard InChI is InChI=1S/C18H23F6N5O/c1-9(18(22,23)24)25-15-27-14(11-3-2-4-12(30)13(11)19)28-16(29-15)26-10-5-7-17(20,21)8-6-10/h9-10,12,30H,2-8H2,1H3,(H2,25,26,27,28,29)/t9-,12?/m1/s1. The Morgan fingerprint density at radius 2 is 1.70 bits per heavy atom. The van der Waals surface area contributed by atoms with Crippen molar-refractivity contribution in [2.45, 2.75) is 82.2 Å². The lowest BCUT2D eigenvalue weighted by Gasteiger charge is -2.29. The van der Waals surface area contributed by atoms with Crippen molar-refractivity contribution in [3.63, 3.8) is 0 Å². The van der Waals surface area contributed by atoms with Crippen molar-refractivity contribution in [2.24, 2.45) is 0 Å². The topological polar surface area (TPSA) is 83.0 Å². The van der Waals surface area contributed by atoms with Crippen molar-refractivity contribution in [2.75, 3.05) is 10.6 Å². The van der Waals surface area contributed by atoms with Crippen molar-refractivity contribution >= 4 is 17.5 Å². The lowest BCUT2D eigenvalue weighted by Crippen LogP contribution is -2.35. The zero-order valence-electron chi connectivity index (χ0n) is 16.2.